The number of hydrogen-bond donors (Lipinski definition) is 3. The molecule has 1 saturated carbocycles. The summed E-state index contributed by atoms with van der Waals surface area (Å²) in [6, 6.07) is -0.175. The van der Waals surface area contributed by atoms with E-state index in [1.807, 2.05) is 6.92 Å². The third-order valence-electron chi connectivity index (χ3n) is 2.43. The molecule has 14 heavy (non-hydrogen) atoms. The Bertz CT molecular complexity index is 330. The molecule has 0 aliphatic heterocycles. The Labute approximate surface area is 81.3 Å². The van der Waals surface area contributed by atoms with Crippen LogP contribution in [0.2, 0.25) is 0 Å². The van der Waals surface area contributed by atoms with Gasteiger partial charge in [-0.15, -0.1) is 0 Å². The first-order valence-electron chi connectivity index (χ1n) is 4.57. The van der Waals surface area contributed by atoms with Crippen LogP contribution in [0.15, 0.2) is 6.33 Å². The molecule has 1 amide bonds. The smallest absolute Gasteiger partial charge is 0.240 e. The molecule has 0 saturated heterocycles. The number of nitrogens with zero attached hydrogens (tertiary/aromatic N) is 2. The number of amides is 1. The number of hydrogen-bond acceptors (Lipinski definition) is 4. The number of aromatic nitrogens is 3. The van der Waals surface area contributed by atoms with Crippen LogP contribution >= 0.6 is 0 Å². The van der Waals surface area contributed by atoms with Crippen molar-refractivity contribution in [3.8, 4) is 0 Å². The molecule has 1 fully saturated rings. The standard InChI is InChI=1S/C8H13N5O/c1-5(6-10-4-11-13-6)12-7(14)8(9)2-3-8/h4-5H,2-3,9H2,1H3,(H,12,14)(H,10,11,13). The number of rotatable bonds is 3. The highest BCUT2D eigenvalue weighted by Gasteiger charge is 2.46. The molecule has 0 spiro atoms. The number of nitrogens with two attached hydrogens (primary N) is 1. The van der Waals surface area contributed by atoms with Crippen molar-refractivity contribution < 1.29 is 4.79 Å². The van der Waals surface area contributed by atoms with E-state index in [-0.39, 0.29) is 11.9 Å². The maximum atomic E-state index is 11.5. The van der Waals surface area contributed by atoms with Crippen LogP contribution in [0, 0.1) is 0 Å². The number of nitrogens with one attached hydrogen (secondary N) is 2. The summed E-state index contributed by atoms with van der Waals surface area (Å²) in [4.78, 5) is 15.5. The lowest BCUT2D eigenvalue weighted by molar-refractivity contribution is -0.123. The highest BCUT2D eigenvalue weighted by molar-refractivity contribution is 5.89. The van der Waals surface area contributed by atoms with Crippen molar-refractivity contribution in [1.82, 2.24) is 20.5 Å². The Kier molecular flexibility index (Phi) is 1.99. The van der Waals surface area contributed by atoms with Crippen LogP contribution in [0.25, 0.3) is 0 Å². The molecule has 4 N–H and O–H groups in total. The summed E-state index contributed by atoms with van der Waals surface area (Å²) in [5.41, 5.74) is 5.10. The van der Waals surface area contributed by atoms with E-state index < -0.39 is 5.54 Å². The minimum absolute atomic E-state index is 0.110. The van der Waals surface area contributed by atoms with Crippen molar-refractivity contribution in [3.05, 3.63) is 12.2 Å². The minimum atomic E-state index is -0.631. The SMILES string of the molecule is CC(NC(=O)C1(N)CC1)c1ncn[nH]1. The lowest BCUT2D eigenvalue weighted by atomic mass is 10.2. The predicted octanol–water partition coefficient (Wildman–Crippen LogP) is -0.527. The van der Waals surface area contributed by atoms with Gasteiger partial charge < -0.3 is 11.1 Å². The van der Waals surface area contributed by atoms with Gasteiger partial charge in [-0.2, -0.15) is 5.10 Å². The fourth-order valence-corrected chi connectivity index (χ4v) is 1.19. The van der Waals surface area contributed by atoms with Gasteiger partial charge in [-0.1, -0.05) is 0 Å². The highest BCUT2D eigenvalue weighted by Crippen LogP contribution is 2.32. The van der Waals surface area contributed by atoms with E-state index in [0.717, 1.165) is 12.8 Å². The van der Waals surface area contributed by atoms with Gasteiger partial charge in [-0.05, 0) is 19.8 Å². The van der Waals surface area contributed by atoms with Crippen LogP contribution in [0.4, 0.5) is 0 Å². The molecule has 1 heterocycles. The lowest BCUT2D eigenvalue weighted by Crippen LogP contribution is -2.43. The summed E-state index contributed by atoms with van der Waals surface area (Å²) in [6.45, 7) is 1.84. The Hall–Kier alpha value is -1.43. The van der Waals surface area contributed by atoms with Gasteiger partial charge in [-0.3, -0.25) is 9.89 Å². The van der Waals surface area contributed by atoms with Gasteiger partial charge >= 0.3 is 0 Å². The van der Waals surface area contributed by atoms with E-state index in [0.29, 0.717) is 5.82 Å². The number of aromatic amines is 1. The van der Waals surface area contributed by atoms with Crippen LogP contribution < -0.4 is 11.1 Å². The van der Waals surface area contributed by atoms with E-state index in [1.54, 1.807) is 0 Å². The van der Waals surface area contributed by atoms with Gasteiger partial charge in [0.15, 0.2) is 0 Å². The second-order valence-electron chi connectivity index (χ2n) is 3.72. The third-order valence-corrected chi connectivity index (χ3v) is 2.43. The summed E-state index contributed by atoms with van der Waals surface area (Å²) < 4.78 is 0. The molecule has 0 bridgehead atoms. The molecule has 76 valence electrons. The van der Waals surface area contributed by atoms with Crippen molar-refractivity contribution in [2.75, 3.05) is 0 Å². The molecular weight excluding hydrogens is 182 g/mol. The van der Waals surface area contributed by atoms with Gasteiger partial charge in [0.05, 0.1) is 11.6 Å². The largest absolute Gasteiger partial charge is 0.345 e. The van der Waals surface area contributed by atoms with Gasteiger partial charge in [0.1, 0.15) is 12.2 Å². The first-order chi connectivity index (χ1) is 6.62. The van der Waals surface area contributed by atoms with E-state index in [9.17, 15) is 4.79 Å². The maximum Gasteiger partial charge on any atom is 0.240 e. The van der Waals surface area contributed by atoms with Crippen LogP contribution in [0.1, 0.15) is 31.6 Å². The Morgan fingerprint density at radius 1 is 1.79 bits per heavy atom. The minimum Gasteiger partial charge on any atom is -0.345 e. The van der Waals surface area contributed by atoms with Crippen molar-refractivity contribution >= 4 is 5.91 Å². The topological polar surface area (TPSA) is 96.7 Å². The van der Waals surface area contributed by atoms with Crippen LogP contribution in [-0.4, -0.2) is 26.6 Å². The van der Waals surface area contributed by atoms with Crippen LogP contribution in [-0.2, 0) is 4.79 Å². The zero-order valence-electron chi connectivity index (χ0n) is 7.95. The molecule has 1 aromatic heterocycles. The van der Waals surface area contributed by atoms with Crippen molar-refractivity contribution in [1.29, 1.82) is 0 Å². The first-order valence-corrected chi connectivity index (χ1v) is 4.57. The quantitative estimate of drug-likeness (QED) is 0.604. The number of carbonyl (C=O) groups is 1. The molecule has 1 aromatic rings. The Morgan fingerprint density at radius 3 is 3.00 bits per heavy atom. The average Bonchev–Trinajstić information content (AvgIpc) is 2.71. The summed E-state index contributed by atoms with van der Waals surface area (Å²) in [5.74, 6) is 0.531. The molecule has 1 aliphatic rings. The molecule has 6 heteroatoms. The molecular formula is C8H13N5O. The Morgan fingerprint density at radius 2 is 2.50 bits per heavy atom. The van der Waals surface area contributed by atoms with Crippen molar-refractivity contribution in [2.24, 2.45) is 5.73 Å². The van der Waals surface area contributed by atoms with Crippen molar-refractivity contribution in [3.63, 3.8) is 0 Å². The van der Waals surface area contributed by atoms with Crippen LogP contribution in [0.5, 0.6) is 0 Å². The third kappa shape index (κ3) is 1.60. The fraction of sp³-hybridized carbons (Fsp3) is 0.625. The monoisotopic (exact) mass is 195 g/mol. The summed E-state index contributed by atoms with van der Waals surface area (Å²) >= 11 is 0. The molecule has 1 unspecified atom stereocenters. The average molecular weight is 195 g/mol. The molecule has 2 rings (SSSR count). The maximum absolute atomic E-state index is 11.5. The molecule has 1 aliphatic carbocycles. The molecule has 1 atom stereocenters. The zero-order valence-corrected chi connectivity index (χ0v) is 7.95. The molecule has 0 radical (unpaired) electrons. The van der Waals surface area contributed by atoms with E-state index in [1.165, 1.54) is 6.33 Å². The molecule has 6 nitrogen and oxygen atoms in total. The summed E-state index contributed by atoms with van der Waals surface area (Å²) in [7, 11) is 0. The van der Waals surface area contributed by atoms with Crippen LogP contribution in [0.3, 0.4) is 0 Å². The van der Waals surface area contributed by atoms with E-state index >= 15 is 0 Å². The first kappa shape index (κ1) is 9.14. The molecule has 0 aromatic carbocycles. The van der Waals surface area contributed by atoms with E-state index in [4.69, 9.17) is 5.73 Å². The second kappa shape index (κ2) is 3.06. The summed E-state index contributed by atoms with van der Waals surface area (Å²) in [5, 5.41) is 9.19. The number of carbonyl (C=O) groups excluding carboxylic acids is 1. The zero-order chi connectivity index (χ0) is 10.2. The van der Waals surface area contributed by atoms with Gasteiger partial charge in [0.25, 0.3) is 0 Å². The van der Waals surface area contributed by atoms with Gasteiger partial charge in [-0.25, -0.2) is 4.98 Å². The second-order valence-corrected chi connectivity index (χ2v) is 3.72. The van der Waals surface area contributed by atoms with E-state index in [2.05, 4.69) is 20.5 Å². The predicted molar refractivity (Wildman–Crippen MR) is 49.1 cm³/mol. The summed E-state index contributed by atoms with van der Waals surface area (Å²) in [6.07, 6.45) is 2.94. The number of H-pyrrole nitrogens is 1. The highest BCUT2D eigenvalue weighted by atomic mass is 16.2. The normalized spacial score (nSPS) is 20.1. The fourth-order valence-electron chi connectivity index (χ4n) is 1.19. The Balaban J connectivity index is 1.95. The van der Waals surface area contributed by atoms with Gasteiger partial charge in [0.2, 0.25) is 5.91 Å². The van der Waals surface area contributed by atoms with Gasteiger partial charge in [0, 0.05) is 0 Å². The lowest BCUT2D eigenvalue weighted by Gasteiger charge is -2.14. The van der Waals surface area contributed by atoms with Crippen molar-refractivity contribution in [2.45, 2.75) is 31.3 Å².